The van der Waals surface area contributed by atoms with Gasteiger partial charge < -0.3 is 9.84 Å². The minimum atomic E-state index is -1.22. The van der Waals surface area contributed by atoms with Crippen LogP contribution in [0.5, 0.6) is 0 Å². The van der Waals surface area contributed by atoms with Gasteiger partial charge in [-0.05, 0) is 6.42 Å². The third-order valence-corrected chi connectivity index (χ3v) is 0.925. The third kappa shape index (κ3) is 7.01. The number of ether oxygens (including phenoxy) is 1. The Labute approximate surface area is 60.3 Å². The van der Waals surface area contributed by atoms with E-state index in [2.05, 4.69) is 11.7 Å². The second-order valence-corrected chi connectivity index (χ2v) is 1.84. The van der Waals surface area contributed by atoms with Crippen LogP contribution in [0.2, 0.25) is 0 Å². The molecule has 0 saturated heterocycles. The van der Waals surface area contributed by atoms with Crippen molar-refractivity contribution in [2.75, 3.05) is 6.61 Å². The average Bonchev–Trinajstić information content (AvgIpc) is 1.87. The SMILES string of the molecule is CCCC=CCOC(=O)O. The monoisotopic (exact) mass is 144 g/mol. The molecule has 0 spiro atoms. The van der Waals surface area contributed by atoms with Crippen LogP contribution in [0.25, 0.3) is 0 Å². The summed E-state index contributed by atoms with van der Waals surface area (Å²) < 4.78 is 4.22. The van der Waals surface area contributed by atoms with E-state index in [0.717, 1.165) is 12.8 Å². The lowest BCUT2D eigenvalue weighted by atomic mass is 10.3. The molecule has 0 rings (SSSR count). The highest BCUT2D eigenvalue weighted by atomic mass is 16.7. The maximum Gasteiger partial charge on any atom is 0.506 e. The molecular weight excluding hydrogens is 132 g/mol. The number of rotatable bonds is 4. The Balaban J connectivity index is 3.10. The maximum absolute atomic E-state index is 9.78. The summed E-state index contributed by atoms with van der Waals surface area (Å²) in [4.78, 5) is 9.78. The standard InChI is InChI=1S/C7H12O3/c1-2-3-4-5-6-10-7(8)9/h4-5H,2-3,6H2,1H3,(H,8,9). The second-order valence-electron chi connectivity index (χ2n) is 1.84. The quantitative estimate of drug-likeness (QED) is 0.485. The Kier molecular flexibility index (Phi) is 5.53. The molecule has 0 amide bonds. The molecule has 0 heterocycles. The molecular formula is C7H12O3. The van der Waals surface area contributed by atoms with Crippen LogP contribution < -0.4 is 0 Å². The Morgan fingerprint density at radius 3 is 2.80 bits per heavy atom. The highest BCUT2D eigenvalue weighted by Crippen LogP contribution is 1.88. The highest BCUT2D eigenvalue weighted by Gasteiger charge is 1.89. The number of carbonyl (C=O) groups is 1. The van der Waals surface area contributed by atoms with E-state index < -0.39 is 6.16 Å². The Hall–Kier alpha value is -0.990. The number of hydrogen-bond acceptors (Lipinski definition) is 2. The van der Waals surface area contributed by atoms with E-state index in [1.165, 1.54) is 0 Å². The normalized spacial score (nSPS) is 10.1. The lowest BCUT2D eigenvalue weighted by Crippen LogP contribution is -1.98. The van der Waals surface area contributed by atoms with Gasteiger partial charge in [-0.3, -0.25) is 0 Å². The van der Waals surface area contributed by atoms with Crippen molar-refractivity contribution < 1.29 is 14.6 Å². The molecule has 0 radical (unpaired) electrons. The van der Waals surface area contributed by atoms with Crippen molar-refractivity contribution in [1.82, 2.24) is 0 Å². The molecule has 3 heteroatoms. The van der Waals surface area contributed by atoms with E-state index in [1.54, 1.807) is 6.08 Å². The zero-order valence-electron chi connectivity index (χ0n) is 6.04. The van der Waals surface area contributed by atoms with Crippen molar-refractivity contribution >= 4 is 6.16 Å². The molecule has 58 valence electrons. The molecule has 0 aliphatic rings. The van der Waals surface area contributed by atoms with Gasteiger partial charge in [-0.15, -0.1) is 0 Å². The second kappa shape index (κ2) is 6.13. The van der Waals surface area contributed by atoms with Crippen molar-refractivity contribution in [3.63, 3.8) is 0 Å². The third-order valence-electron chi connectivity index (χ3n) is 0.925. The van der Waals surface area contributed by atoms with Crippen LogP contribution in [0.15, 0.2) is 12.2 Å². The van der Waals surface area contributed by atoms with E-state index in [1.807, 2.05) is 6.08 Å². The van der Waals surface area contributed by atoms with Crippen LogP contribution in [0.4, 0.5) is 4.79 Å². The molecule has 1 N–H and O–H groups in total. The zero-order valence-corrected chi connectivity index (χ0v) is 6.04. The molecule has 0 aromatic rings. The van der Waals surface area contributed by atoms with Gasteiger partial charge in [0.15, 0.2) is 0 Å². The van der Waals surface area contributed by atoms with Gasteiger partial charge >= 0.3 is 6.16 Å². The summed E-state index contributed by atoms with van der Waals surface area (Å²) in [6.45, 7) is 2.22. The largest absolute Gasteiger partial charge is 0.506 e. The van der Waals surface area contributed by atoms with Crippen LogP contribution in [0.1, 0.15) is 19.8 Å². The number of hydrogen-bond donors (Lipinski definition) is 1. The van der Waals surface area contributed by atoms with E-state index in [9.17, 15) is 4.79 Å². The molecule has 0 aromatic carbocycles. The van der Waals surface area contributed by atoms with Crippen molar-refractivity contribution in [1.29, 1.82) is 0 Å². The minimum Gasteiger partial charge on any atom is -0.450 e. The fourth-order valence-electron chi connectivity index (χ4n) is 0.472. The van der Waals surface area contributed by atoms with Gasteiger partial charge in [0.05, 0.1) is 0 Å². The van der Waals surface area contributed by atoms with Crippen LogP contribution >= 0.6 is 0 Å². The molecule has 0 atom stereocenters. The molecule has 0 aliphatic carbocycles. The molecule has 3 nitrogen and oxygen atoms in total. The van der Waals surface area contributed by atoms with E-state index in [-0.39, 0.29) is 6.61 Å². The van der Waals surface area contributed by atoms with Crippen molar-refractivity contribution in [3.05, 3.63) is 12.2 Å². The smallest absolute Gasteiger partial charge is 0.450 e. The molecule has 0 unspecified atom stereocenters. The Bertz CT molecular complexity index is 118. The summed E-state index contributed by atoms with van der Waals surface area (Å²) in [5.74, 6) is 0. The van der Waals surface area contributed by atoms with Crippen LogP contribution in [0.3, 0.4) is 0 Å². The number of unbranched alkanes of at least 4 members (excludes halogenated alkanes) is 1. The fourth-order valence-corrected chi connectivity index (χ4v) is 0.472. The van der Waals surface area contributed by atoms with Gasteiger partial charge in [0.1, 0.15) is 6.61 Å². The number of allylic oxidation sites excluding steroid dienone is 1. The minimum absolute atomic E-state index is 0.162. The van der Waals surface area contributed by atoms with Crippen molar-refractivity contribution in [2.45, 2.75) is 19.8 Å². The fraction of sp³-hybridized carbons (Fsp3) is 0.571. The first-order chi connectivity index (χ1) is 4.77. The molecule has 0 fully saturated rings. The number of carboxylic acid groups (broad SMARTS) is 1. The van der Waals surface area contributed by atoms with Crippen molar-refractivity contribution in [3.8, 4) is 0 Å². The van der Waals surface area contributed by atoms with Gasteiger partial charge in [0, 0.05) is 0 Å². The summed E-state index contributed by atoms with van der Waals surface area (Å²) in [6.07, 6.45) is 4.44. The topological polar surface area (TPSA) is 46.5 Å². The average molecular weight is 144 g/mol. The molecule has 0 saturated carbocycles. The van der Waals surface area contributed by atoms with Crippen LogP contribution in [-0.2, 0) is 4.74 Å². The molecule has 0 aromatic heterocycles. The van der Waals surface area contributed by atoms with Gasteiger partial charge in [0.25, 0.3) is 0 Å². The molecule has 10 heavy (non-hydrogen) atoms. The van der Waals surface area contributed by atoms with Gasteiger partial charge in [-0.1, -0.05) is 25.5 Å². The summed E-state index contributed by atoms with van der Waals surface area (Å²) in [5.41, 5.74) is 0. The summed E-state index contributed by atoms with van der Waals surface area (Å²) >= 11 is 0. The summed E-state index contributed by atoms with van der Waals surface area (Å²) in [5, 5.41) is 8.01. The van der Waals surface area contributed by atoms with E-state index >= 15 is 0 Å². The lowest BCUT2D eigenvalue weighted by molar-refractivity contribution is 0.102. The Morgan fingerprint density at radius 1 is 1.60 bits per heavy atom. The highest BCUT2D eigenvalue weighted by molar-refractivity contribution is 5.56. The summed E-state index contributed by atoms with van der Waals surface area (Å²) in [6, 6.07) is 0. The zero-order chi connectivity index (χ0) is 7.82. The first kappa shape index (κ1) is 9.01. The van der Waals surface area contributed by atoms with Crippen molar-refractivity contribution in [2.24, 2.45) is 0 Å². The van der Waals surface area contributed by atoms with Gasteiger partial charge in [-0.25, -0.2) is 4.79 Å². The summed E-state index contributed by atoms with van der Waals surface area (Å²) in [7, 11) is 0. The predicted molar refractivity (Wildman–Crippen MR) is 38.0 cm³/mol. The maximum atomic E-state index is 9.78. The molecule has 0 bridgehead atoms. The first-order valence-electron chi connectivity index (χ1n) is 3.28. The molecule has 0 aliphatic heterocycles. The van der Waals surface area contributed by atoms with E-state index in [0.29, 0.717) is 0 Å². The van der Waals surface area contributed by atoms with Gasteiger partial charge in [0.2, 0.25) is 0 Å². The Morgan fingerprint density at radius 2 is 2.30 bits per heavy atom. The predicted octanol–water partition coefficient (Wildman–Crippen LogP) is 2.04. The lowest BCUT2D eigenvalue weighted by Gasteiger charge is -1.91. The van der Waals surface area contributed by atoms with Gasteiger partial charge in [-0.2, -0.15) is 0 Å². The van der Waals surface area contributed by atoms with Crippen LogP contribution in [0, 0.1) is 0 Å². The first-order valence-corrected chi connectivity index (χ1v) is 3.28. The van der Waals surface area contributed by atoms with E-state index in [4.69, 9.17) is 5.11 Å². The van der Waals surface area contributed by atoms with Crippen LogP contribution in [-0.4, -0.2) is 17.9 Å².